The number of rotatable bonds is 6. The summed E-state index contributed by atoms with van der Waals surface area (Å²) in [7, 11) is 0. The number of aromatic nitrogens is 2. The number of fused-ring (bicyclic) bond motifs is 1. The molecule has 0 saturated heterocycles. The van der Waals surface area contributed by atoms with Gasteiger partial charge < -0.3 is 20.1 Å². The number of carbonyl (C=O) groups is 2. The first-order valence-electron chi connectivity index (χ1n) is 10.1. The SMILES string of the molecule is CC(C)C(=O)Nc1cc(-c2ccccc2)nn(CC(=O)Nc2ccc3c(c2)OCO3)c1=O. The molecule has 164 valence electrons. The molecule has 0 spiro atoms. The van der Waals surface area contributed by atoms with Gasteiger partial charge in [-0.15, -0.1) is 0 Å². The minimum absolute atomic E-state index is 0.0634. The van der Waals surface area contributed by atoms with Crippen molar-refractivity contribution in [3.05, 3.63) is 65.0 Å². The van der Waals surface area contributed by atoms with E-state index in [4.69, 9.17) is 9.47 Å². The van der Waals surface area contributed by atoms with Gasteiger partial charge in [-0.3, -0.25) is 14.4 Å². The summed E-state index contributed by atoms with van der Waals surface area (Å²) in [5.41, 5.74) is 1.20. The Labute approximate surface area is 184 Å². The Kier molecular flexibility index (Phi) is 5.89. The highest BCUT2D eigenvalue weighted by atomic mass is 16.7. The van der Waals surface area contributed by atoms with E-state index in [9.17, 15) is 14.4 Å². The molecule has 0 aliphatic carbocycles. The molecule has 2 N–H and O–H groups in total. The molecule has 3 aromatic rings. The maximum atomic E-state index is 12.9. The predicted octanol–water partition coefficient (Wildman–Crippen LogP) is 2.87. The summed E-state index contributed by atoms with van der Waals surface area (Å²) in [6, 6.07) is 15.7. The van der Waals surface area contributed by atoms with Crippen LogP contribution in [0.4, 0.5) is 11.4 Å². The molecular weight excluding hydrogens is 412 g/mol. The number of amides is 2. The molecule has 2 amide bonds. The summed E-state index contributed by atoms with van der Waals surface area (Å²) in [5, 5.41) is 9.70. The first-order valence-corrected chi connectivity index (χ1v) is 10.1. The Morgan fingerprint density at radius 1 is 1.03 bits per heavy atom. The molecule has 4 rings (SSSR count). The van der Waals surface area contributed by atoms with Gasteiger partial charge in [0.1, 0.15) is 12.2 Å². The maximum Gasteiger partial charge on any atom is 0.291 e. The first-order chi connectivity index (χ1) is 15.4. The van der Waals surface area contributed by atoms with E-state index in [0.29, 0.717) is 22.9 Å². The molecule has 0 unspecified atom stereocenters. The second kappa shape index (κ2) is 8.93. The molecule has 0 radical (unpaired) electrons. The molecule has 1 aliphatic heterocycles. The molecule has 0 fully saturated rings. The fourth-order valence-electron chi connectivity index (χ4n) is 3.08. The van der Waals surface area contributed by atoms with Crippen LogP contribution in [0, 0.1) is 5.92 Å². The maximum absolute atomic E-state index is 12.9. The second-order valence-electron chi connectivity index (χ2n) is 7.53. The summed E-state index contributed by atoms with van der Waals surface area (Å²) in [6.07, 6.45) is 0. The van der Waals surface area contributed by atoms with Crippen molar-refractivity contribution in [3.8, 4) is 22.8 Å². The topological polar surface area (TPSA) is 112 Å². The van der Waals surface area contributed by atoms with Crippen molar-refractivity contribution in [1.29, 1.82) is 0 Å². The van der Waals surface area contributed by atoms with Crippen LogP contribution in [0.25, 0.3) is 11.3 Å². The Morgan fingerprint density at radius 2 is 1.78 bits per heavy atom. The van der Waals surface area contributed by atoms with E-state index in [2.05, 4.69) is 15.7 Å². The van der Waals surface area contributed by atoms with E-state index in [0.717, 1.165) is 10.2 Å². The molecule has 1 aliphatic rings. The lowest BCUT2D eigenvalue weighted by atomic mass is 10.1. The van der Waals surface area contributed by atoms with Crippen LogP contribution in [0.5, 0.6) is 11.5 Å². The zero-order valence-corrected chi connectivity index (χ0v) is 17.6. The third kappa shape index (κ3) is 4.61. The van der Waals surface area contributed by atoms with Gasteiger partial charge in [-0.05, 0) is 18.2 Å². The lowest BCUT2D eigenvalue weighted by molar-refractivity contribution is -0.119. The van der Waals surface area contributed by atoms with Crippen LogP contribution in [0.15, 0.2) is 59.4 Å². The Morgan fingerprint density at radius 3 is 2.53 bits per heavy atom. The molecule has 9 nitrogen and oxygen atoms in total. The number of nitrogens with one attached hydrogen (secondary N) is 2. The summed E-state index contributed by atoms with van der Waals surface area (Å²) < 4.78 is 11.6. The standard InChI is InChI=1S/C23H22N4O5/c1-14(2)22(29)25-18-11-17(15-6-4-3-5-7-15)26-27(23(18)30)12-21(28)24-16-8-9-19-20(10-16)32-13-31-19/h3-11,14H,12-13H2,1-2H3,(H,24,28)(H,25,29). The molecular formula is C23H22N4O5. The lowest BCUT2D eigenvalue weighted by Crippen LogP contribution is -2.33. The van der Waals surface area contributed by atoms with Crippen LogP contribution in [0.3, 0.4) is 0 Å². The molecule has 0 atom stereocenters. The van der Waals surface area contributed by atoms with E-state index < -0.39 is 11.5 Å². The van der Waals surface area contributed by atoms with Gasteiger partial charge >= 0.3 is 0 Å². The van der Waals surface area contributed by atoms with Crippen molar-refractivity contribution in [2.75, 3.05) is 17.4 Å². The highest BCUT2D eigenvalue weighted by Gasteiger charge is 2.17. The third-order valence-electron chi connectivity index (χ3n) is 4.78. The average Bonchev–Trinajstić information content (AvgIpc) is 3.24. The number of benzene rings is 2. The van der Waals surface area contributed by atoms with E-state index in [-0.39, 0.29) is 30.9 Å². The molecule has 2 aromatic carbocycles. The Hall–Kier alpha value is -4.14. The van der Waals surface area contributed by atoms with Gasteiger partial charge in [0.2, 0.25) is 18.6 Å². The fraction of sp³-hybridized carbons (Fsp3) is 0.217. The first kappa shape index (κ1) is 21.1. The minimum atomic E-state index is -0.570. The van der Waals surface area contributed by atoms with Gasteiger partial charge in [-0.25, -0.2) is 4.68 Å². The average molecular weight is 434 g/mol. The molecule has 2 heterocycles. The number of ether oxygens (including phenoxy) is 2. The van der Waals surface area contributed by atoms with Gasteiger partial charge in [-0.1, -0.05) is 44.2 Å². The van der Waals surface area contributed by atoms with Crippen LogP contribution in [0.1, 0.15) is 13.8 Å². The van der Waals surface area contributed by atoms with Crippen molar-refractivity contribution in [1.82, 2.24) is 9.78 Å². The molecule has 0 saturated carbocycles. The summed E-state index contributed by atoms with van der Waals surface area (Å²) >= 11 is 0. The van der Waals surface area contributed by atoms with Crippen LogP contribution >= 0.6 is 0 Å². The Balaban J connectivity index is 1.62. The number of hydrogen-bond donors (Lipinski definition) is 2. The van der Waals surface area contributed by atoms with Crippen LogP contribution in [-0.2, 0) is 16.1 Å². The quantitative estimate of drug-likeness (QED) is 0.617. The third-order valence-corrected chi connectivity index (χ3v) is 4.78. The fourth-order valence-corrected chi connectivity index (χ4v) is 3.08. The predicted molar refractivity (Wildman–Crippen MR) is 119 cm³/mol. The normalized spacial score (nSPS) is 12.0. The number of carbonyl (C=O) groups excluding carboxylic acids is 2. The van der Waals surface area contributed by atoms with Crippen molar-refractivity contribution in [2.45, 2.75) is 20.4 Å². The van der Waals surface area contributed by atoms with E-state index >= 15 is 0 Å². The molecule has 9 heteroatoms. The molecule has 32 heavy (non-hydrogen) atoms. The van der Waals surface area contributed by atoms with Gasteiger partial charge in [-0.2, -0.15) is 5.10 Å². The minimum Gasteiger partial charge on any atom is -0.454 e. The lowest BCUT2D eigenvalue weighted by Gasteiger charge is -2.13. The van der Waals surface area contributed by atoms with Crippen molar-refractivity contribution in [2.24, 2.45) is 5.92 Å². The summed E-state index contributed by atoms with van der Waals surface area (Å²) in [4.78, 5) is 37.8. The highest BCUT2D eigenvalue weighted by molar-refractivity contribution is 5.93. The highest BCUT2D eigenvalue weighted by Crippen LogP contribution is 2.34. The second-order valence-corrected chi connectivity index (χ2v) is 7.53. The van der Waals surface area contributed by atoms with E-state index in [1.165, 1.54) is 6.07 Å². The van der Waals surface area contributed by atoms with Gasteiger partial charge in [0.05, 0.1) is 5.69 Å². The van der Waals surface area contributed by atoms with Gasteiger partial charge in [0.25, 0.3) is 5.56 Å². The van der Waals surface area contributed by atoms with Crippen LogP contribution in [-0.4, -0.2) is 28.4 Å². The van der Waals surface area contributed by atoms with Crippen molar-refractivity contribution in [3.63, 3.8) is 0 Å². The van der Waals surface area contributed by atoms with Crippen LogP contribution < -0.4 is 25.7 Å². The molecule has 1 aromatic heterocycles. The zero-order valence-electron chi connectivity index (χ0n) is 17.6. The summed E-state index contributed by atoms with van der Waals surface area (Å²) in [6.45, 7) is 3.25. The number of nitrogens with zero attached hydrogens (tertiary/aromatic N) is 2. The number of anilines is 2. The van der Waals surface area contributed by atoms with E-state index in [1.807, 2.05) is 30.3 Å². The van der Waals surface area contributed by atoms with Gasteiger partial charge in [0.15, 0.2) is 11.5 Å². The van der Waals surface area contributed by atoms with Crippen LogP contribution in [0.2, 0.25) is 0 Å². The smallest absolute Gasteiger partial charge is 0.291 e. The largest absolute Gasteiger partial charge is 0.454 e. The molecule has 0 bridgehead atoms. The number of hydrogen-bond acceptors (Lipinski definition) is 6. The van der Waals surface area contributed by atoms with Crippen molar-refractivity contribution < 1.29 is 19.1 Å². The summed E-state index contributed by atoms with van der Waals surface area (Å²) in [5.74, 6) is 0.0591. The monoisotopic (exact) mass is 434 g/mol. The van der Waals surface area contributed by atoms with E-state index in [1.54, 1.807) is 32.0 Å². The van der Waals surface area contributed by atoms with Crippen molar-refractivity contribution >= 4 is 23.2 Å². The van der Waals surface area contributed by atoms with Gasteiger partial charge in [0, 0.05) is 23.2 Å². The zero-order chi connectivity index (χ0) is 22.7. The Bertz CT molecular complexity index is 1220.